The summed E-state index contributed by atoms with van der Waals surface area (Å²) >= 11 is 0. The number of carbonyl (C=O) groups is 1. The Morgan fingerprint density at radius 3 is 2.79 bits per heavy atom. The Labute approximate surface area is 162 Å². The number of fused-ring (bicyclic) bond motifs is 1. The fraction of sp³-hybridized carbons (Fsp3) is 0.227. The van der Waals surface area contributed by atoms with Gasteiger partial charge in [-0.05, 0) is 31.2 Å². The average molecular weight is 375 g/mol. The fourth-order valence-electron chi connectivity index (χ4n) is 3.47. The number of amides is 1. The van der Waals surface area contributed by atoms with Crippen LogP contribution in [0.5, 0.6) is 5.75 Å². The molecule has 0 aliphatic carbocycles. The van der Waals surface area contributed by atoms with Crippen molar-refractivity contribution in [2.45, 2.75) is 19.9 Å². The molecule has 0 spiro atoms. The van der Waals surface area contributed by atoms with Crippen LogP contribution in [0.4, 0.5) is 0 Å². The topological polar surface area (TPSA) is 75.3 Å². The van der Waals surface area contributed by atoms with E-state index in [-0.39, 0.29) is 18.0 Å². The highest BCUT2D eigenvalue weighted by Crippen LogP contribution is 2.21. The molecular weight excluding hydrogens is 354 g/mol. The Kier molecular flexibility index (Phi) is 4.69. The number of nitrogens with one attached hydrogen (secondary N) is 1. The Bertz CT molecular complexity index is 1100. The third kappa shape index (κ3) is 3.41. The second-order valence-electron chi connectivity index (χ2n) is 6.92. The Balaban J connectivity index is 1.62. The zero-order valence-electron chi connectivity index (χ0n) is 15.9. The van der Waals surface area contributed by atoms with Crippen LogP contribution in [-0.2, 0) is 13.0 Å². The van der Waals surface area contributed by atoms with Crippen molar-refractivity contribution >= 4 is 5.91 Å². The van der Waals surface area contributed by atoms with Crippen LogP contribution in [0.2, 0.25) is 0 Å². The standard InChI is InChI=1S/C22H21N3O3/c1-14-5-3-6-15(11-14)20-23-19-9-10-25(13-18(19)21(26)24-20)22(27)16-7-4-8-17(12-16)28-2/h3-8,11-12H,9-10,13H2,1-2H3,(H,23,24,26). The lowest BCUT2D eigenvalue weighted by molar-refractivity contribution is 0.0732. The van der Waals surface area contributed by atoms with E-state index < -0.39 is 0 Å². The molecule has 0 unspecified atom stereocenters. The van der Waals surface area contributed by atoms with Gasteiger partial charge in [-0.25, -0.2) is 4.98 Å². The molecule has 6 heteroatoms. The van der Waals surface area contributed by atoms with Crippen LogP contribution in [-0.4, -0.2) is 34.4 Å². The van der Waals surface area contributed by atoms with Crippen LogP contribution in [0.25, 0.3) is 11.4 Å². The van der Waals surface area contributed by atoms with Gasteiger partial charge in [0.1, 0.15) is 11.6 Å². The van der Waals surface area contributed by atoms with Gasteiger partial charge in [0.15, 0.2) is 0 Å². The Morgan fingerprint density at radius 2 is 2.00 bits per heavy atom. The van der Waals surface area contributed by atoms with E-state index in [1.54, 1.807) is 36.3 Å². The first-order valence-electron chi connectivity index (χ1n) is 9.17. The maximum Gasteiger partial charge on any atom is 0.256 e. The number of methoxy groups -OCH3 is 1. The van der Waals surface area contributed by atoms with E-state index in [0.717, 1.165) is 16.8 Å². The van der Waals surface area contributed by atoms with Gasteiger partial charge in [0.05, 0.1) is 24.9 Å². The minimum atomic E-state index is -0.190. The van der Waals surface area contributed by atoms with Gasteiger partial charge in [0.2, 0.25) is 0 Å². The lowest BCUT2D eigenvalue weighted by Gasteiger charge is -2.28. The predicted molar refractivity (Wildman–Crippen MR) is 106 cm³/mol. The Morgan fingerprint density at radius 1 is 1.18 bits per heavy atom. The zero-order chi connectivity index (χ0) is 19.7. The van der Waals surface area contributed by atoms with Crippen molar-refractivity contribution in [3.8, 4) is 17.1 Å². The van der Waals surface area contributed by atoms with E-state index in [4.69, 9.17) is 4.74 Å². The van der Waals surface area contributed by atoms with Crippen LogP contribution >= 0.6 is 0 Å². The second kappa shape index (κ2) is 7.31. The Hall–Kier alpha value is -3.41. The average Bonchev–Trinajstić information content (AvgIpc) is 2.73. The number of aromatic amines is 1. The van der Waals surface area contributed by atoms with Gasteiger partial charge in [-0.2, -0.15) is 0 Å². The van der Waals surface area contributed by atoms with Gasteiger partial charge in [-0.3, -0.25) is 9.59 Å². The summed E-state index contributed by atoms with van der Waals surface area (Å²) in [7, 11) is 1.57. The lowest BCUT2D eigenvalue weighted by atomic mass is 10.0. The summed E-state index contributed by atoms with van der Waals surface area (Å²) in [5.41, 5.74) is 3.66. The second-order valence-corrected chi connectivity index (χ2v) is 6.92. The van der Waals surface area contributed by atoms with E-state index in [2.05, 4.69) is 9.97 Å². The molecule has 142 valence electrons. The number of carbonyl (C=O) groups excluding carboxylic acids is 1. The molecule has 0 bridgehead atoms. The molecule has 3 aromatic rings. The minimum absolute atomic E-state index is 0.119. The van der Waals surface area contributed by atoms with Crippen LogP contribution < -0.4 is 10.3 Å². The van der Waals surface area contributed by atoms with Crippen LogP contribution in [0.3, 0.4) is 0 Å². The van der Waals surface area contributed by atoms with Crippen molar-refractivity contribution in [2.75, 3.05) is 13.7 Å². The van der Waals surface area contributed by atoms with Crippen molar-refractivity contribution in [1.29, 1.82) is 0 Å². The smallest absolute Gasteiger partial charge is 0.256 e. The molecular formula is C22H21N3O3. The molecule has 2 aromatic carbocycles. The molecule has 1 N–H and O–H groups in total. The van der Waals surface area contributed by atoms with E-state index in [1.165, 1.54) is 0 Å². The normalized spacial score (nSPS) is 13.1. The number of H-pyrrole nitrogens is 1. The summed E-state index contributed by atoms with van der Waals surface area (Å²) in [5.74, 6) is 1.08. The summed E-state index contributed by atoms with van der Waals surface area (Å²) < 4.78 is 5.20. The number of aromatic nitrogens is 2. The molecule has 0 atom stereocenters. The molecule has 6 nitrogen and oxygen atoms in total. The number of ether oxygens (including phenoxy) is 1. The molecule has 0 saturated heterocycles. The van der Waals surface area contributed by atoms with E-state index >= 15 is 0 Å². The van der Waals surface area contributed by atoms with Gasteiger partial charge < -0.3 is 14.6 Å². The largest absolute Gasteiger partial charge is 0.497 e. The quantitative estimate of drug-likeness (QED) is 0.764. The van der Waals surface area contributed by atoms with Gasteiger partial charge in [0, 0.05) is 24.1 Å². The van der Waals surface area contributed by atoms with Crippen LogP contribution in [0.1, 0.15) is 27.2 Å². The van der Waals surface area contributed by atoms with E-state index in [0.29, 0.717) is 35.7 Å². The molecule has 1 amide bonds. The monoisotopic (exact) mass is 375 g/mol. The van der Waals surface area contributed by atoms with E-state index in [9.17, 15) is 9.59 Å². The fourth-order valence-corrected chi connectivity index (χ4v) is 3.47. The van der Waals surface area contributed by atoms with Crippen molar-refractivity contribution < 1.29 is 9.53 Å². The highest BCUT2D eigenvalue weighted by molar-refractivity contribution is 5.94. The predicted octanol–water partition coefficient (Wildman–Crippen LogP) is 2.95. The molecule has 1 aliphatic heterocycles. The highest BCUT2D eigenvalue weighted by Gasteiger charge is 2.25. The highest BCUT2D eigenvalue weighted by atomic mass is 16.5. The SMILES string of the molecule is COc1cccc(C(=O)N2CCc3nc(-c4cccc(C)c4)[nH]c(=O)c3C2)c1. The van der Waals surface area contributed by atoms with Gasteiger partial charge in [0.25, 0.3) is 11.5 Å². The molecule has 0 fully saturated rings. The number of hydrogen-bond donors (Lipinski definition) is 1. The maximum absolute atomic E-state index is 12.9. The summed E-state index contributed by atoms with van der Waals surface area (Å²) in [6.45, 7) is 2.77. The third-order valence-corrected chi connectivity index (χ3v) is 4.96. The molecule has 2 heterocycles. The number of hydrogen-bond acceptors (Lipinski definition) is 4. The maximum atomic E-state index is 12.9. The molecule has 4 rings (SSSR count). The molecule has 0 saturated carbocycles. The summed E-state index contributed by atoms with van der Waals surface area (Å²) in [6.07, 6.45) is 0.549. The van der Waals surface area contributed by atoms with Crippen LogP contribution in [0.15, 0.2) is 53.3 Å². The minimum Gasteiger partial charge on any atom is -0.497 e. The molecule has 1 aliphatic rings. The third-order valence-electron chi connectivity index (χ3n) is 4.96. The van der Waals surface area contributed by atoms with Crippen molar-refractivity contribution in [3.05, 3.63) is 81.3 Å². The number of nitrogens with zero attached hydrogens (tertiary/aromatic N) is 2. The van der Waals surface area contributed by atoms with Crippen molar-refractivity contribution in [3.63, 3.8) is 0 Å². The summed E-state index contributed by atoms with van der Waals surface area (Å²) in [6, 6.07) is 14.9. The van der Waals surface area contributed by atoms with Crippen LogP contribution in [0, 0.1) is 6.92 Å². The van der Waals surface area contributed by atoms with Crippen molar-refractivity contribution in [1.82, 2.24) is 14.9 Å². The number of benzene rings is 2. The van der Waals surface area contributed by atoms with E-state index in [1.807, 2.05) is 31.2 Å². The number of rotatable bonds is 3. The molecule has 1 aromatic heterocycles. The number of aryl methyl sites for hydroxylation is 1. The van der Waals surface area contributed by atoms with Gasteiger partial charge in [-0.1, -0.05) is 29.8 Å². The summed E-state index contributed by atoms with van der Waals surface area (Å²) in [5, 5.41) is 0. The van der Waals surface area contributed by atoms with Crippen molar-refractivity contribution in [2.24, 2.45) is 0 Å². The first kappa shape index (κ1) is 18.0. The lowest BCUT2D eigenvalue weighted by Crippen LogP contribution is -2.39. The first-order valence-corrected chi connectivity index (χ1v) is 9.17. The summed E-state index contributed by atoms with van der Waals surface area (Å²) in [4.78, 5) is 34.8. The molecule has 28 heavy (non-hydrogen) atoms. The van der Waals surface area contributed by atoms with Gasteiger partial charge in [-0.15, -0.1) is 0 Å². The van der Waals surface area contributed by atoms with Gasteiger partial charge >= 0.3 is 0 Å². The molecule has 0 radical (unpaired) electrons. The first-order chi connectivity index (χ1) is 13.5. The zero-order valence-corrected chi connectivity index (χ0v) is 15.9.